The summed E-state index contributed by atoms with van der Waals surface area (Å²) in [5, 5.41) is 22.3. The second-order valence-electron chi connectivity index (χ2n) is 5.03. The van der Waals surface area contributed by atoms with Crippen LogP contribution in [0.5, 0.6) is 0 Å². The molecule has 0 aliphatic carbocycles. The average molecular weight is 298 g/mol. The van der Waals surface area contributed by atoms with Gasteiger partial charge in [-0.1, -0.05) is 11.6 Å². The van der Waals surface area contributed by atoms with Crippen LogP contribution >= 0.6 is 11.6 Å². The van der Waals surface area contributed by atoms with E-state index in [0.717, 1.165) is 5.39 Å². The van der Waals surface area contributed by atoms with Crippen molar-refractivity contribution in [2.24, 2.45) is 0 Å². The largest absolute Gasteiger partial charge is 0.451 e. The molecule has 5 nitrogen and oxygen atoms in total. The molecular formula is C14H16ClNO4. The van der Waals surface area contributed by atoms with E-state index in [2.05, 4.69) is 5.32 Å². The molecule has 2 rings (SSSR count). The van der Waals surface area contributed by atoms with Crippen LogP contribution in [0.1, 0.15) is 23.0 Å². The van der Waals surface area contributed by atoms with Crippen molar-refractivity contribution >= 4 is 28.5 Å². The van der Waals surface area contributed by atoms with E-state index >= 15 is 0 Å². The van der Waals surface area contributed by atoms with Crippen LogP contribution in [0.2, 0.25) is 5.02 Å². The quantitative estimate of drug-likeness (QED) is 0.804. The van der Waals surface area contributed by atoms with Crippen molar-refractivity contribution in [1.82, 2.24) is 5.32 Å². The van der Waals surface area contributed by atoms with Crippen molar-refractivity contribution in [2.45, 2.75) is 19.4 Å². The van der Waals surface area contributed by atoms with E-state index in [9.17, 15) is 15.0 Å². The molecule has 1 heterocycles. The molecule has 0 bridgehead atoms. The predicted molar refractivity (Wildman–Crippen MR) is 76.0 cm³/mol. The normalized spacial score (nSPS) is 11.8. The van der Waals surface area contributed by atoms with Gasteiger partial charge in [0.2, 0.25) is 0 Å². The van der Waals surface area contributed by atoms with Crippen molar-refractivity contribution < 1.29 is 19.4 Å². The molecule has 0 unspecified atom stereocenters. The van der Waals surface area contributed by atoms with E-state index in [4.69, 9.17) is 16.0 Å². The number of aryl methyl sites for hydroxylation is 1. The molecule has 0 saturated carbocycles. The lowest BCUT2D eigenvalue weighted by Gasteiger charge is -2.25. The summed E-state index contributed by atoms with van der Waals surface area (Å²) < 4.78 is 5.52. The summed E-state index contributed by atoms with van der Waals surface area (Å²) in [5.74, 6) is -0.337. The zero-order valence-corrected chi connectivity index (χ0v) is 12.0. The number of carbonyl (C=O) groups is 1. The molecule has 0 atom stereocenters. The van der Waals surface area contributed by atoms with Gasteiger partial charge in [0.1, 0.15) is 5.58 Å². The molecule has 108 valence electrons. The van der Waals surface area contributed by atoms with Crippen LogP contribution < -0.4 is 5.32 Å². The van der Waals surface area contributed by atoms with Crippen molar-refractivity contribution in [3.05, 3.63) is 34.5 Å². The maximum Gasteiger partial charge on any atom is 0.287 e. The van der Waals surface area contributed by atoms with Gasteiger partial charge in [0.15, 0.2) is 5.76 Å². The lowest BCUT2D eigenvalue weighted by Crippen LogP contribution is -2.51. The first-order valence-corrected chi connectivity index (χ1v) is 6.51. The highest BCUT2D eigenvalue weighted by molar-refractivity contribution is 6.31. The fourth-order valence-corrected chi connectivity index (χ4v) is 2.04. The van der Waals surface area contributed by atoms with Gasteiger partial charge in [-0.3, -0.25) is 4.79 Å². The molecule has 0 fully saturated rings. The summed E-state index contributed by atoms with van der Waals surface area (Å²) in [7, 11) is 0. The van der Waals surface area contributed by atoms with Crippen molar-refractivity contribution in [1.29, 1.82) is 0 Å². The lowest BCUT2D eigenvalue weighted by atomic mass is 10.0. The highest BCUT2D eigenvalue weighted by Crippen LogP contribution is 2.28. The van der Waals surface area contributed by atoms with Gasteiger partial charge in [0.05, 0.1) is 18.8 Å². The van der Waals surface area contributed by atoms with Crippen LogP contribution in [-0.4, -0.2) is 34.9 Å². The fourth-order valence-electron chi connectivity index (χ4n) is 1.87. The number of aliphatic hydroxyl groups excluding tert-OH is 2. The molecule has 6 heteroatoms. The van der Waals surface area contributed by atoms with E-state index in [0.29, 0.717) is 16.2 Å². The van der Waals surface area contributed by atoms with E-state index < -0.39 is 11.4 Å². The number of fused-ring (bicyclic) bond motifs is 1. The highest BCUT2D eigenvalue weighted by Gasteiger charge is 2.28. The first-order chi connectivity index (χ1) is 9.40. The second-order valence-corrected chi connectivity index (χ2v) is 5.46. The Morgan fingerprint density at radius 3 is 2.65 bits per heavy atom. The SMILES string of the molecule is Cc1c(C(=O)NC(C)(CO)CO)oc2ccc(Cl)cc12. The molecule has 1 aromatic heterocycles. The number of hydrogen-bond donors (Lipinski definition) is 3. The molecule has 0 spiro atoms. The van der Waals surface area contributed by atoms with Gasteiger partial charge in [-0.15, -0.1) is 0 Å². The van der Waals surface area contributed by atoms with E-state index in [1.807, 2.05) is 0 Å². The van der Waals surface area contributed by atoms with Crippen LogP contribution in [0.15, 0.2) is 22.6 Å². The van der Waals surface area contributed by atoms with Gasteiger partial charge in [0, 0.05) is 16.0 Å². The molecular weight excluding hydrogens is 282 g/mol. The summed E-state index contributed by atoms with van der Waals surface area (Å²) >= 11 is 5.92. The summed E-state index contributed by atoms with van der Waals surface area (Å²) in [4.78, 5) is 12.2. The number of furan rings is 1. The summed E-state index contributed by atoms with van der Waals surface area (Å²) in [5.41, 5.74) is 0.130. The predicted octanol–water partition coefficient (Wildman–Crippen LogP) is 1.87. The minimum Gasteiger partial charge on any atom is -0.451 e. The lowest BCUT2D eigenvalue weighted by molar-refractivity contribution is 0.0701. The number of nitrogens with one attached hydrogen (secondary N) is 1. The summed E-state index contributed by atoms with van der Waals surface area (Å²) in [6.07, 6.45) is 0. The molecule has 0 saturated heterocycles. The van der Waals surface area contributed by atoms with Gasteiger partial charge in [0.25, 0.3) is 5.91 Å². The molecule has 20 heavy (non-hydrogen) atoms. The molecule has 2 aromatic rings. The second kappa shape index (κ2) is 5.44. The monoisotopic (exact) mass is 297 g/mol. The Hall–Kier alpha value is -1.56. The third kappa shape index (κ3) is 2.65. The first-order valence-electron chi connectivity index (χ1n) is 6.13. The Labute approximate surface area is 121 Å². The van der Waals surface area contributed by atoms with Crippen LogP contribution in [0.4, 0.5) is 0 Å². The van der Waals surface area contributed by atoms with Crippen LogP contribution in [0.3, 0.4) is 0 Å². The van der Waals surface area contributed by atoms with Crippen LogP contribution in [0.25, 0.3) is 11.0 Å². The van der Waals surface area contributed by atoms with E-state index in [1.54, 1.807) is 32.0 Å². The van der Waals surface area contributed by atoms with Crippen molar-refractivity contribution in [3.8, 4) is 0 Å². The molecule has 0 radical (unpaired) electrons. The van der Waals surface area contributed by atoms with E-state index in [1.165, 1.54) is 0 Å². The zero-order chi connectivity index (χ0) is 14.9. The fraction of sp³-hybridized carbons (Fsp3) is 0.357. The minimum absolute atomic E-state index is 0.149. The van der Waals surface area contributed by atoms with Gasteiger partial charge >= 0.3 is 0 Å². The molecule has 0 aliphatic rings. The van der Waals surface area contributed by atoms with E-state index in [-0.39, 0.29) is 19.0 Å². The number of amides is 1. The Bertz CT molecular complexity index is 646. The van der Waals surface area contributed by atoms with Crippen LogP contribution in [-0.2, 0) is 0 Å². The summed E-state index contributed by atoms with van der Waals surface area (Å²) in [6.45, 7) is 2.55. The molecule has 1 aromatic carbocycles. The van der Waals surface area contributed by atoms with Gasteiger partial charge < -0.3 is 19.9 Å². The maximum atomic E-state index is 12.2. The Morgan fingerprint density at radius 1 is 1.40 bits per heavy atom. The Kier molecular flexibility index (Phi) is 4.04. The highest BCUT2D eigenvalue weighted by atomic mass is 35.5. The third-order valence-corrected chi connectivity index (χ3v) is 3.45. The number of hydrogen-bond acceptors (Lipinski definition) is 4. The number of aliphatic hydroxyl groups is 2. The Morgan fingerprint density at radius 2 is 2.05 bits per heavy atom. The number of halogens is 1. The molecule has 1 amide bonds. The summed E-state index contributed by atoms with van der Waals surface area (Å²) in [6, 6.07) is 5.10. The zero-order valence-electron chi connectivity index (χ0n) is 11.2. The van der Waals surface area contributed by atoms with Gasteiger partial charge in [-0.05, 0) is 32.0 Å². The number of carbonyl (C=O) groups excluding carboxylic acids is 1. The smallest absolute Gasteiger partial charge is 0.287 e. The molecule has 0 aliphatic heterocycles. The number of rotatable bonds is 4. The minimum atomic E-state index is -1.10. The third-order valence-electron chi connectivity index (χ3n) is 3.22. The standard InChI is InChI=1S/C14H16ClNO4/c1-8-10-5-9(15)3-4-11(10)20-12(8)13(19)16-14(2,6-17)7-18/h3-5,17-18H,6-7H2,1-2H3,(H,16,19). The average Bonchev–Trinajstić information content (AvgIpc) is 2.76. The van der Waals surface area contributed by atoms with Gasteiger partial charge in [-0.25, -0.2) is 0 Å². The van der Waals surface area contributed by atoms with Crippen molar-refractivity contribution in [2.75, 3.05) is 13.2 Å². The molecule has 3 N–H and O–H groups in total. The topological polar surface area (TPSA) is 82.7 Å². The first kappa shape index (κ1) is 14.8. The van der Waals surface area contributed by atoms with Crippen molar-refractivity contribution in [3.63, 3.8) is 0 Å². The Balaban J connectivity index is 2.38. The van der Waals surface area contributed by atoms with Gasteiger partial charge in [-0.2, -0.15) is 0 Å². The maximum absolute atomic E-state index is 12.2. The van der Waals surface area contributed by atoms with Crippen LogP contribution in [0, 0.1) is 6.92 Å². The number of benzene rings is 1.